The summed E-state index contributed by atoms with van der Waals surface area (Å²) in [5.41, 5.74) is 5.80. The number of rotatable bonds is 3. The molecule has 0 spiro atoms. The van der Waals surface area contributed by atoms with E-state index in [1.165, 1.54) is 40.9 Å². The number of carbonyl (C=O) groups is 2. The van der Waals surface area contributed by atoms with Gasteiger partial charge in [0.2, 0.25) is 0 Å². The van der Waals surface area contributed by atoms with Crippen LogP contribution in [0.3, 0.4) is 0 Å². The minimum absolute atomic E-state index is 0.197. The molecule has 2 amide bonds. The Morgan fingerprint density at radius 3 is 1.95 bits per heavy atom. The van der Waals surface area contributed by atoms with E-state index in [1.54, 1.807) is 33.8 Å². The van der Waals surface area contributed by atoms with E-state index >= 15 is 0 Å². The highest BCUT2D eigenvalue weighted by Crippen LogP contribution is 2.39. The molecule has 0 bridgehead atoms. The summed E-state index contributed by atoms with van der Waals surface area (Å²) in [5, 5.41) is 3.40. The molecule has 57 heavy (non-hydrogen) atoms. The van der Waals surface area contributed by atoms with Crippen LogP contribution >= 0.6 is 50.4 Å². The number of aliphatic imine (C=N–C) groups is 1. The zero-order valence-electron chi connectivity index (χ0n) is 35.3. The first-order valence-electron chi connectivity index (χ1n) is 19.7. The molecule has 0 aliphatic carbocycles. The lowest BCUT2D eigenvalue weighted by Gasteiger charge is -2.33. The minimum Gasteiger partial charge on any atom is -0.444 e. The number of hydrogen-bond donors (Lipinski definition) is 1. The number of halogens is 1. The van der Waals surface area contributed by atoms with Gasteiger partial charge in [-0.3, -0.25) is 9.97 Å². The third kappa shape index (κ3) is 15.6. The molecule has 5 aliphatic heterocycles. The first kappa shape index (κ1) is 47.3. The summed E-state index contributed by atoms with van der Waals surface area (Å²) in [5.74, 6) is 1.15. The molecule has 0 radical (unpaired) electrons. The molecule has 7 heterocycles. The highest BCUT2D eigenvalue weighted by Gasteiger charge is 2.52. The van der Waals surface area contributed by atoms with Gasteiger partial charge in [-0.2, -0.15) is 0 Å². The second kappa shape index (κ2) is 21.2. The summed E-state index contributed by atoms with van der Waals surface area (Å²) in [6.07, 6.45) is 12.8. The lowest BCUT2D eigenvalue weighted by atomic mass is 9.76. The van der Waals surface area contributed by atoms with Crippen LogP contribution in [0.15, 0.2) is 50.0 Å². The summed E-state index contributed by atoms with van der Waals surface area (Å²) in [4.78, 5) is 42.4. The van der Waals surface area contributed by atoms with Crippen LogP contribution in [0.2, 0.25) is 0 Å². The summed E-state index contributed by atoms with van der Waals surface area (Å²) < 4.78 is 24.0. The van der Waals surface area contributed by atoms with Crippen LogP contribution in [0, 0.1) is 0 Å². The first-order chi connectivity index (χ1) is 26.7. The molecule has 5 aliphatic rings. The van der Waals surface area contributed by atoms with Gasteiger partial charge in [0.15, 0.2) is 10.0 Å². The summed E-state index contributed by atoms with van der Waals surface area (Å²) in [6, 6.07) is 0. The van der Waals surface area contributed by atoms with E-state index in [0.29, 0.717) is 19.0 Å². The number of nitrogens with zero attached hydrogens (tertiary/aromatic N) is 5. The summed E-state index contributed by atoms with van der Waals surface area (Å²) >= 11 is 8.11. The average Bonchev–Trinajstić information content (AvgIpc) is 3.98. The normalized spacial score (nSPS) is 22.6. The molecule has 12 nitrogen and oxygen atoms in total. The molecule has 2 aromatic heterocycles. The fraction of sp³-hybridized carbons (Fsp3) is 0.675. The van der Waals surface area contributed by atoms with E-state index in [-0.39, 0.29) is 23.4 Å². The van der Waals surface area contributed by atoms with E-state index in [4.69, 9.17) is 18.8 Å². The van der Waals surface area contributed by atoms with E-state index in [0.717, 1.165) is 54.1 Å². The highest BCUT2D eigenvalue weighted by atomic mass is 79.9. The van der Waals surface area contributed by atoms with Crippen molar-refractivity contribution in [2.24, 2.45) is 4.99 Å². The fourth-order valence-corrected chi connectivity index (χ4v) is 8.37. The number of ether oxygens (including phenoxy) is 2. The van der Waals surface area contributed by atoms with Gasteiger partial charge in [-0.15, -0.1) is 22.7 Å². The average molecular weight is 909 g/mol. The summed E-state index contributed by atoms with van der Waals surface area (Å²) in [7, 11) is -0.393. The van der Waals surface area contributed by atoms with Crippen LogP contribution < -0.4 is 5.32 Å². The fourth-order valence-electron chi connectivity index (χ4n) is 6.24. The van der Waals surface area contributed by atoms with E-state index < -0.39 is 18.3 Å². The number of thioether (sulfide) groups is 1. The number of amides is 2. The van der Waals surface area contributed by atoms with Crippen LogP contribution in [0.1, 0.15) is 123 Å². The van der Waals surface area contributed by atoms with Gasteiger partial charge in [-0.25, -0.2) is 9.59 Å². The molecule has 3 fully saturated rings. The smallest absolute Gasteiger partial charge is 0.444 e. The van der Waals surface area contributed by atoms with Crippen molar-refractivity contribution < 1.29 is 28.4 Å². The van der Waals surface area contributed by atoms with Crippen molar-refractivity contribution >= 4 is 75.2 Å². The van der Waals surface area contributed by atoms with Crippen molar-refractivity contribution in [1.82, 2.24) is 25.1 Å². The zero-order chi connectivity index (χ0) is 41.9. The third-order valence-electron chi connectivity index (χ3n) is 9.83. The maximum atomic E-state index is 12.2. The number of likely N-dealkylation sites (tertiary alicyclic amines) is 1. The Morgan fingerprint density at radius 1 is 0.895 bits per heavy atom. The van der Waals surface area contributed by atoms with Gasteiger partial charge >= 0.3 is 19.3 Å². The Kier molecular flexibility index (Phi) is 17.6. The van der Waals surface area contributed by atoms with Crippen LogP contribution in [0.4, 0.5) is 9.59 Å². The van der Waals surface area contributed by atoms with E-state index in [2.05, 4.69) is 47.8 Å². The maximum Gasteiger partial charge on any atom is 0.492 e. The second-order valence-corrected chi connectivity index (χ2v) is 21.5. The number of thiazole rings is 2. The van der Waals surface area contributed by atoms with Crippen LogP contribution in [-0.4, -0.2) is 106 Å². The molecular formula is C40H61BBrN6O6S3+. The third-order valence-corrected chi connectivity index (χ3v) is 12.9. The van der Waals surface area contributed by atoms with Gasteiger partial charge in [0.25, 0.3) is 5.55 Å². The zero-order valence-corrected chi connectivity index (χ0v) is 39.3. The Hall–Kier alpha value is -2.37. The van der Waals surface area contributed by atoms with Crippen molar-refractivity contribution in [2.75, 3.05) is 39.3 Å². The van der Waals surface area contributed by atoms with Gasteiger partial charge in [0.1, 0.15) is 23.0 Å². The Balaban J connectivity index is 0.000000183. The topological polar surface area (TPSA) is 128 Å². The number of hydrogen-bond acceptors (Lipinski definition) is 13. The Morgan fingerprint density at radius 2 is 1.47 bits per heavy atom. The van der Waals surface area contributed by atoms with Crippen LogP contribution in [0.5, 0.6) is 0 Å². The van der Waals surface area contributed by atoms with Crippen LogP contribution in [0.25, 0.3) is 0 Å². The quantitative estimate of drug-likeness (QED) is 0.235. The van der Waals surface area contributed by atoms with Crippen LogP contribution in [-0.2, 0) is 18.8 Å². The standard InChI is InChI=1S/C16H28BNO4.C13H20N2O2S.C8H12N2S.C3HBrNS/c1-14(2,3)20-13(19)18-10-8-9-12(11-18)17-21-15(4,5)16(6,7)22-17;1-13(2,3)17-12(16)15-6-4-5-10(8-15)11-7-14-9-18-11;1-2-7(4-9-3-1)8-5-10-6-11-8;4-3-1-5-2-6-3/h9H,8,10-11H2,1-7H3;7,9-10H,4-6,8H2,1-3H3;5-7,9H,1-4H2;1H/q;;;+1. The van der Waals surface area contributed by atoms with Gasteiger partial charge in [-0.1, -0.05) is 6.08 Å². The van der Waals surface area contributed by atoms with E-state index in [1.807, 2.05) is 97.6 Å². The molecule has 0 saturated carbocycles. The van der Waals surface area contributed by atoms with Crippen molar-refractivity contribution in [3.8, 4) is 0 Å². The molecule has 0 aromatic carbocycles. The van der Waals surface area contributed by atoms with Gasteiger partial charge in [0, 0.05) is 66.7 Å². The Labute approximate surface area is 361 Å². The molecular weight excluding hydrogens is 847 g/mol. The lowest BCUT2D eigenvalue weighted by Crippen LogP contribution is -2.42. The molecule has 2 atom stereocenters. The van der Waals surface area contributed by atoms with Gasteiger partial charge < -0.3 is 33.9 Å². The van der Waals surface area contributed by atoms with Gasteiger partial charge in [0.05, 0.1) is 22.2 Å². The molecule has 314 valence electrons. The van der Waals surface area contributed by atoms with Gasteiger partial charge in [-0.05, 0) is 134 Å². The minimum atomic E-state index is -0.483. The first-order valence-corrected chi connectivity index (χ1v) is 23.0. The van der Waals surface area contributed by atoms with Crippen molar-refractivity contribution in [3.63, 3.8) is 0 Å². The Bertz CT molecular complexity index is 1640. The van der Waals surface area contributed by atoms with Crippen molar-refractivity contribution in [1.29, 1.82) is 0 Å². The maximum absolute atomic E-state index is 12.2. The summed E-state index contributed by atoms with van der Waals surface area (Å²) in [6.45, 7) is 24.5. The molecule has 3 saturated heterocycles. The number of carbonyl (C=O) groups excluding carboxylic acids is 2. The van der Waals surface area contributed by atoms with E-state index in [9.17, 15) is 9.59 Å². The highest BCUT2D eigenvalue weighted by molar-refractivity contribution is 9.14. The SMILES string of the molecule is BrC1=CN=[C+]S1.CC(C)(C)OC(=O)N1CCC=C(B2OC(C)(C)C(C)(C)O2)C1.CC(C)(C)OC(=O)N1CCCC(c2cncs2)C1.c1ncc(C2CCCNC2)s1. The number of aromatic nitrogens is 2. The lowest BCUT2D eigenvalue weighted by molar-refractivity contribution is 0.00578. The molecule has 7 rings (SSSR count). The second-order valence-electron chi connectivity index (χ2n) is 17.4. The molecule has 1 N–H and O–H groups in total. The van der Waals surface area contributed by atoms with Crippen molar-refractivity contribution in [2.45, 2.75) is 136 Å². The number of piperidine rings is 2. The molecule has 2 unspecified atom stereocenters. The molecule has 17 heteroatoms. The predicted octanol–water partition coefficient (Wildman–Crippen LogP) is 9.88. The molecule has 2 aromatic rings. The monoisotopic (exact) mass is 907 g/mol. The predicted molar refractivity (Wildman–Crippen MR) is 237 cm³/mol. The largest absolute Gasteiger partial charge is 0.492 e. The van der Waals surface area contributed by atoms with Crippen molar-refractivity contribution in [3.05, 3.63) is 54.7 Å². The number of nitrogens with one attached hydrogen (secondary N) is 1.